The minimum Gasteiger partial charge on any atom is -0.362 e. The van der Waals surface area contributed by atoms with Crippen molar-refractivity contribution in [1.29, 1.82) is 0 Å². The van der Waals surface area contributed by atoms with Crippen LogP contribution < -0.4 is 0 Å². The summed E-state index contributed by atoms with van der Waals surface area (Å²) in [5, 5.41) is 10.1. The van der Waals surface area contributed by atoms with Crippen LogP contribution in [0.15, 0.2) is 22.7 Å². The van der Waals surface area contributed by atoms with E-state index in [1.165, 1.54) is 6.07 Å². The second-order valence-corrected chi connectivity index (χ2v) is 4.63. The zero-order valence-corrected chi connectivity index (χ0v) is 9.76. The lowest BCUT2D eigenvalue weighted by molar-refractivity contribution is -0.235. The molecular weight excluding hydrogens is 263 g/mol. The molecule has 1 N–H and O–H groups in total. The Kier molecular flexibility index (Phi) is 3.09. The number of benzene rings is 1. The largest absolute Gasteiger partial charge is 0.362 e. The van der Waals surface area contributed by atoms with Gasteiger partial charge in [0.05, 0.1) is 6.61 Å². The number of rotatable bonds is 1. The molecule has 0 saturated carbocycles. The number of aliphatic hydroxyl groups is 1. The van der Waals surface area contributed by atoms with Crippen LogP contribution in [0.4, 0.5) is 4.39 Å². The Morgan fingerprint density at radius 1 is 1.40 bits per heavy atom. The van der Waals surface area contributed by atoms with Gasteiger partial charge >= 0.3 is 0 Å². The molecule has 0 radical (unpaired) electrons. The SMILES string of the molecule is OC1(c2ccc(Br)cc2F)CCCCO1. The average molecular weight is 275 g/mol. The molecule has 1 aromatic carbocycles. The molecule has 4 heteroatoms. The third kappa shape index (κ3) is 2.22. The summed E-state index contributed by atoms with van der Waals surface area (Å²) in [4.78, 5) is 0. The Morgan fingerprint density at radius 3 is 2.80 bits per heavy atom. The molecule has 1 heterocycles. The lowest BCUT2D eigenvalue weighted by atomic mass is 9.97. The van der Waals surface area contributed by atoms with E-state index >= 15 is 0 Å². The molecule has 2 rings (SSSR count). The zero-order chi connectivity index (χ0) is 10.9. The first kappa shape index (κ1) is 11.0. The van der Waals surface area contributed by atoms with E-state index in [1.54, 1.807) is 12.1 Å². The summed E-state index contributed by atoms with van der Waals surface area (Å²) in [6.45, 7) is 0.478. The predicted octanol–water partition coefficient (Wildman–Crippen LogP) is 2.93. The molecule has 1 aliphatic rings. The normalized spacial score (nSPS) is 26.6. The minimum atomic E-state index is -1.44. The van der Waals surface area contributed by atoms with Gasteiger partial charge in [-0.3, -0.25) is 0 Å². The third-order valence-electron chi connectivity index (χ3n) is 2.60. The summed E-state index contributed by atoms with van der Waals surface area (Å²) in [5.41, 5.74) is 0.227. The average Bonchev–Trinajstić information content (AvgIpc) is 2.18. The highest BCUT2D eigenvalue weighted by Crippen LogP contribution is 2.34. The van der Waals surface area contributed by atoms with Crippen molar-refractivity contribution >= 4 is 15.9 Å². The van der Waals surface area contributed by atoms with E-state index in [4.69, 9.17) is 4.74 Å². The van der Waals surface area contributed by atoms with Crippen molar-refractivity contribution in [1.82, 2.24) is 0 Å². The summed E-state index contributed by atoms with van der Waals surface area (Å²) in [6.07, 6.45) is 2.22. The second-order valence-electron chi connectivity index (χ2n) is 3.71. The fourth-order valence-electron chi connectivity index (χ4n) is 1.80. The van der Waals surface area contributed by atoms with E-state index in [1.807, 2.05) is 0 Å². The molecule has 2 nitrogen and oxygen atoms in total. The van der Waals surface area contributed by atoms with Gasteiger partial charge in [0, 0.05) is 16.5 Å². The van der Waals surface area contributed by atoms with E-state index in [9.17, 15) is 9.50 Å². The van der Waals surface area contributed by atoms with Gasteiger partial charge in [-0.25, -0.2) is 4.39 Å². The van der Waals surface area contributed by atoms with Gasteiger partial charge < -0.3 is 9.84 Å². The van der Waals surface area contributed by atoms with Crippen LogP contribution in [-0.2, 0) is 10.5 Å². The maximum absolute atomic E-state index is 13.6. The highest BCUT2D eigenvalue weighted by Gasteiger charge is 2.34. The van der Waals surface area contributed by atoms with E-state index < -0.39 is 11.6 Å². The highest BCUT2D eigenvalue weighted by molar-refractivity contribution is 9.10. The smallest absolute Gasteiger partial charge is 0.195 e. The molecule has 0 bridgehead atoms. The molecule has 82 valence electrons. The van der Waals surface area contributed by atoms with Crippen LogP contribution in [0.3, 0.4) is 0 Å². The first-order chi connectivity index (χ1) is 7.12. The fourth-order valence-corrected chi connectivity index (χ4v) is 2.13. The molecular formula is C11H12BrFO2. The van der Waals surface area contributed by atoms with Gasteiger partial charge in [-0.15, -0.1) is 0 Å². The highest BCUT2D eigenvalue weighted by atomic mass is 79.9. The zero-order valence-electron chi connectivity index (χ0n) is 8.17. The third-order valence-corrected chi connectivity index (χ3v) is 3.10. The summed E-state index contributed by atoms with van der Waals surface area (Å²) < 4.78 is 19.5. The van der Waals surface area contributed by atoms with E-state index in [0.717, 1.165) is 12.8 Å². The molecule has 1 aromatic rings. The Bertz CT molecular complexity index is 362. The molecule has 0 amide bonds. The van der Waals surface area contributed by atoms with E-state index in [0.29, 0.717) is 17.5 Å². The van der Waals surface area contributed by atoms with E-state index in [-0.39, 0.29) is 5.56 Å². The topological polar surface area (TPSA) is 29.5 Å². The number of hydrogen-bond donors (Lipinski definition) is 1. The standard InChI is InChI=1S/C11H12BrFO2/c12-8-3-4-9(10(13)7-8)11(14)5-1-2-6-15-11/h3-4,7,14H,1-2,5-6H2. The van der Waals surface area contributed by atoms with Crippen molar-refractivity contribution in [3.05, 3.63) is 34.1 Å². The summed E-state index contributed by atoms with van der Waals surface area (Å²) >= 11 is 3.18. The molecule has 0 aliphatic carbocycles. The molecule has 1 fully saturated rings. The Balaban J connectivity index is 2.35. The monoisotopic (exact) mass is 274 g/mol. The maximum atomic E-state index is 13.6. The minimum absolute atomic E-state index is 0.227. The van der Waals surface area contributed by atoms with Crippen molar-refractivity contribution in [2.75, 3.05) is 6.61 Å². The van der Waals surface area contributed by atoms with Crippen molar-refractivity contribution in [2.24, 2.45) is 0 Å². The molecule has 1 atom stereocenters. The van der Waals surface area contributed by atoms with Crippen LogP contribution in [0.5, 0.6) is 0 Å². The van der Waals surface area contributed by atoms with Crippen LogP contribution in [0.25, 0.3) is 0 Å². The number of hydrogen-bond acceptors (Lipinski definition) is 2. The maximum Gasteiger partial charge on any atom is 0.195 e. The molecule has 15 heavy (non-hydrogen) atoms. The number of halogens is 2. The lowest BCUT2D eigenvalue weighted by Gasteiger charge is -2.32. The number of ether oxygens (including phenoxy) is 1. The van der Waals surface area contributed by atoms with Gasteiger partial charge in [-0.2, -0.15) is 0 Å². The summed E-state index contributed by atoms with van der Waals surface area (Å²) in [6, 6.07) is 4.60. The second kappa shape index (κ2) is 4.20. The van der Waals surface area contributed by atoms with Gasteiger partial charge in [0.15, 0.2) is 5.79 Å². The Hall–Kier alpha value is -0.450. The Labute approximate surface area is 96.2 Å². The first-order valence-corrected chi connectivity index (χ1v) is 5.73. The van der Waals surface area contributed by atoms with Gasteiger partial charge in [0.1, 0.15) is 5.82 Å². The fraction of sp³-hybridized carbons (Fsp3) is 0.455. The first-order valence-electron chi connectivity index (χ1n) is 4.94. The lowest BCUT2D eigenvalue weighted by Crippen LogP contribution is -2.34. The predicted molar refractivity (Wildman–Crippen MR) is 57.8 cm³/mol. The van der Waals surface area contributed by atoms with Gasteiger partial charge in [-0.05, 0) is 31.0 Å². The van der Waals surface area contributed by atoms with Crippen LogP contribution in [0.2, 0.25) is 0 Å². The van der Waals surface area contributed by atoms with Crippen molar-refractivity contribution < 1.29 is 14.2 Å². The van der Waals surface area contributed by atoms with Crippen LogP contribution in [0, 0.1) is 5.82 Å². The molecule has 0 spiro atoms. The van der Waals surface area contributed by atoms with Crippen LogP contribution >= 0.6 is 15.9 Å². The van der Waals surface area contributed by atoms with Crippen molar-refractivity contribution in [3.8, 4) is 0 Å². The molecule has 0 aromatic heterocycles. The quantitative estimate of drug-likeness (QED) is 0.853. The van der Waals surface area contributed by atoms with Crippen molar-refractivity contribution in [2.45, 2.75) is 25.0 Å². The Morgan fingerprint density at radius 2 is 2.20 bits per heavy atom. The summed E-state index contributed by atoms with van der Waals surface area (Å²) in [7, 11) is 0. The van der Waals surface area contributed by atoms with Crippen LogP contribution in [-0.4, -0.2) is 11.7 Å². The molecule has 1 saturated heterocycles. The van der Waals surface area contributed by atoms with Gasteiger partial charge in [-0.1, -0.05) is 15.9 Å². The van der Waals surface area contributed by atoms with Crippen LogP contribution in [0.1, 0.15) is 24.8 Å². The van der Waals surface area contributed by atoms with Gasteiger partial charge in [0.2, 0.25) is 0 Å². The van der Waals surface area contributed by atoms with E-state index in [2.05, 4.69) is 15.9 Å². The van der Waals surface area contributed by atoms with Gasteiger partial charge in [0.25, 0.3) is 0 Å². The molecule has 1 aliphatic heterocycles. The molecule has 1 unspecified atom stereocenters. The van der Waals surface area contributed by atoms with Crippen molar-refractivity contribution in [3.63, 3.8) is 0 Å². The summed E-state index contributed by atoms with van der Waals surface area (Å²) in [5.74, 6) is -1.88.